The second-order valence-electron chi connectivity index (χ2n) is 6.31. The molecule has 1 aliphatic carbocycles. The minimum atomic E-state index is -0.130. The third-order valence-corrected chi connectivity index (χ3v) is 4.71. The summed E-state index contributed by atoms with van der Waals surface area (Å²) in [7, 11) is 0. The predicted octanol–water partition coefficient (Wildman–Crippen LogP) is 2.85. The SMILES string of the molecule is CCCCn1c2c([n+](CCCC)c1C)C(=O)c1ncccc1C2=O. The van der Waals surface area contributed by atoms with Crippen molar-refractivity contribution in [3.8, 4) is 0 Å². The highest BCUT2D eigenvalue weighted by molar-refractivity contribution is 6.25. The largest absolute Gasteiger partial charge is 0.284 e. The van der Waals surface area contributed by atoms with Crippen LogP contribution in [0.3, 0.4) is 0 Å². The molecule has 0 aliphatic heterocycles. The number of carbonyl (C=O) groups is 2. The number of unbranched alkanes of at least 4 members (excludes halogenated alkanes) is 2. The summed E-state index contributed by atoms with van der Waals surface area (Å²) in [4.78, 5) is 30.3. The average molecular weight is 326 g/mol. The smallest absolute Gasteiger partial charge is 0.255 e. The first-order valence-electron chi connectivity index (χ1n) is 8.79. The third-order valence-electron chi connectivity index (χ3n) is 4.71. The minimum Gasteiger partial charge on any atom is -0.284 e. The summed E-state index contributed by atoms with van der Waals surface area (Å²) in [6.45, 7) is 7.77. The van der Waals surface area contributed by atoms with Crippen LogP contribution in [0.4, 0.5) is 0 Å². The molecular formula is C19H24N3O2+. The maximum atomic E-state index is 13.1. The number of carbonyl (C=O) groups excluding carboxylic acids is 2. The van der Waals surface area contributed by atoms with Gasteiger partial charge in [-0.1, -0.05) is 26.7 Å². The Hall–Kier alpha value is -2.30. The molecule has 0 fully saturated rings. The Morgan fingerprint density at radius 3 is 2.58 bits per heavy atom. The second kappa shape index (κ2) is 6.67. The van der Waals surface area contributed by atoms with Gasteiger partial charge in [0.05, 0.1) is 18.7 Å². The molecule has 0 atom stereocenters. The molecule has 0 saturated carbocycles. The van der Waals surface area contributed by atoms with Crippen LogP contribution in [-0.4, -0.2) is 21.1 Å². The van der Waals surface area contributed by atoms with Crippen molar-refractivity contribution in [1.29, 1.82) is 0 Å². The lowest BCUT2D eigenvalue weighted by Crippen LogP contribution is -2.43. The van der Waals surface area contributed by atoms with Crippen molar-refractivity contribution in [3.05, 3.63) is 46.8 Å². The van der Waals surface area contributed by atoms with Gasteiger partial charge < -0.3 is 0 Å². The van der Waals surface area contributed by atoms with Gasteiger partial charge in [-0.2, -0.15) is 0 Å². The van der Waals surface area contributed by atoms with Gasteiger partial charge in [0.1, 0.15) is 5.69 Å². The molecule has 0 unspecified atom stereocenters. The molecule has 3 rings (SSSR count). The van der Waals surface area contributed by atoms with Crippen LogP contribution < -0.4 is 4.57 Å². The molecule has 2 heterocycles. The summed E-state index contributed by atoms with van der Waals surface area (Å²) in [5.74, 6) is 0.771. The summed E-state index contributed by atoms with van der Waals surface area (Å²) in [6.07, 6.45) is 5.62. The zero-order valence-corrected chi connectivity index (χ0v) is 14.6. The molecule has 0 saturated heterocycles. The van der Waals surface area contributed by atoms with Gasteiger partial charge in [0.15, 0.2) is 0 Å². The zero-order valence-electron chi connectivity index (χ0n) is 14.6. The predicted molar refractivity (Wildman–Crippen MR) is 90.3 cm³/mol. The molecule has 0 bridgehead atoms. The fourth-order valence-electron chi connectivity index (χ4n) is 3.37. The number of hydrogen-bond acceptors (Lipinski definition) is 3. The van der Waals surface area contributed by atoms with Gasteiger partial charge >= 0.3 is 0 Å². The lowest BCUT2D eigenvalue weighted by molar-refractivity contribution is -0.704. The molecule has 126 valence electrons. The number of aromatic nitrogens is 3. The van der Waals surface area contributed by atoms with E-state index in [0.29, 0.717) is 17.0 Å². The molecule has 2 aromatic heterocycles. The molecule has 2 aromatic rings. The van der Waals surface area contributed by atoms with Crippen molar-refractivity contribution in [2.75, 3.05) is 0 Å². The van der Waals surface area contributed by atoms with Crippen molar-refractivity contribution < 1.29 is 14.2 Å². The molecule has 5 heteroatoms. The molecule has 1 aliphatic rings. The first-order chi connectivity index (χ1) is 11.6. The first-order valence-corrected chi connectivity index (χ1v) is 8.79. The lowest BCUT2D eigenvalue weighted by Gasteiger charge is -2.11. The van der Waals surface area contributed by atoms with E-state index in [1.54, 1.807) is 18.3 Å². The highest BCUT2D eigenvalue weighted by Gasteiger charge is 2.43. The Kier molecular flexibility index (Phi) is 4.60. The first kappa shape index (κ1) is 16.6. The maximum absolute atomic E-state index is 13.1. The monoisotopic (exact) mass is 326 g/mol. The minimum absolute atomic E-state index is 0.0813. The van der Waals surface area contributed by atoms with Gasteiger partial charge in [-0.25, -0.2) is 9.13 Å². The highest BCUT2D eigenvalue weighted by Crippen LogP contribution is 2.26. The van der Waals surface area contributed by atoms with E-state index in [4.69, 9.17) is 0 Å². The van der Waals surface area contributed by atoms with Crippen molar-refractivity contribution in [1.82, 2.24) is 9.55 Å². The fraction of sp³-hybridized carbons (Fsp3) is 0.474. The van der Waals surface area contributed by atoms with E-state index in [9.17, 15) is 9.59 Å². The van der Waals surface area contributed by atoms with E-state index in [2.05, 4.69) is 18.8 Å². The van der Waals surface area contributed by atoms with Crippen LogP contribution in [0.1, 0.15) is 77.6 Å². The van der Waals surface area contributed by atoms with Crippen LogP contribution >= 0.6 is 0 Å². The van der Waals surface area contributed by atoms with Crippen LogP contribution in [0.2, 0.25) is 0 Å². The van der Waals surface area contributed by atoms with Crippen LogP contribution in [0.15, 0.2) is 18.3 Å². The van der Waals surface area contributed by atoms with E-state index in [1.807, 2.05) is 16.1 Å². The topological polar surface area (TPSA) is 55.8 Å². The Morgan fingerprint density at radius 1 is 1.12 bits per heavy atom. The van der Waals surface area contributed by atoms with E-state index in [-0.39, 0.29) is 17.3 Å². The number of pyridine rings is 1. The summed E-state index contributed by atoms with van der Waals surface area (Å²) in [5.41, 5.74) is 1.77. The number of rotatable bonds is 6. The molecule has 24 heavy (non-hydrogen) atoms. The summed E-state index contributed by atoms with van der Waals surface area (Å²) in [5, 5.41) is 0. The van der Waals surface area contributed by atoms with Crippen LogP contribution in [0.25, 0.3) is 0 Å². The molecule has 0 amide bonds. The van der Waals surface area contributed by atoms with Gasteiger partial charge in [0.2, 0.25) is 17.2 Å². The average Bonchev–Trinajstić information content (AvgIpc) is 2.88. The fourth-order valence-corrected chi connectivity index (χ4v) is 3.37. The summed E-state index contributed by atoms with van der Waals surface area (Å²) >= 11 is 0. The van der Waals surface area contributed by atoms with Crippen molar-refractivity contribution in [3.63, 3.8) is 0 Å². The van der Waals surface area contributed by atoms with Crippen LogP contribution in [-0.2, 0) is 13.1 Å². The number of fused-ring (bicyclic) bond motifs is 2. The maximum Gasteiger partial charge on any atom is 0.255 e. The quantitative estimate of drug-likeness (QED) is 0.655. The number of imidazole rings is 1. The standard InChI is InChI=1S/C19H24N3O2/c1-4-6-11-21-13(3)22(12-7-5-2)17-16(21)18(23)14-9-8-10-20-15(14)19(17)24/h8-10H,4-7,11-12H2,1-3H3/q+1. The van der Waals surface area contributed by atoms with Gasteiger partial charge in [0, 0.05) is 13.1 Å². The van der Waals surface area contributed by atoms with E-state index in [1.165, 1.54) is 0 Å². The summed E-state index contributed by atoms with van der Waals surface area (Å²) < 4.78 is 4.05. The Labute approximate surface area is 142 Å². The van der Waals surface area contributed by atoms with Gasteiger partial charge in [-0.05, 0) is 25.0 Å². The Balaban J connectivity index is 2.21. The van der Waals surface area contributed by atoms with E-state index < -0.39 is 0 Å². The molecule has 5 nitrogen and oxygen atoms in total. The highest BCUT2D eigenvalue weighted by atomic mass is 16.1. The van der Waals surface area contributed by atoms with Crippen molar-refractivity contribution in [2.24, 2.45) is 0 Å². The van der Waals surface area contributed by atoms with Crippen molar-refractivity contribution in [2.45, 2.75) is 59.5 Å². The molecule has 0 spiro atoms. The Morgan fingerprint density at radius 2 is 1.88 bits per heavy atom. The van der Waals surface area contributed by atoms with Gasteiger partial charge in [-0.15, -0.1) is 0 Å². The second-order valence-corrected chi connectivity index (χ2v) is 6.31. The van der Waals surface area contributed by atoms with Gasteiger partial charge in [-0.3, -0.25) is 14.6 Å². The normalized spacial score (nSPS) is 13.1. The number of nitrogens with zero attached hydrogens (tertiary/aromatic N) is 3. The summed E-state index contributed by atoms with van der Waals surface area (Å²) in [6, 6.07) is 3.42. The van der Waals surface area contributed by atoms with E-state index >= 15 is 0 Å². The van der Waals surface area contributed by atoms with Gasteiger partial charge in [0.25, 0.3) is 11.6 Å². The molecule has 0 N–H and O–H groups in total. The lowest BCUT2D eigenvalue weighted by atomic mass is 9.94. The molecule has 0 radical (unpaired) electrons. The van der Waals surface area contributed by atoms with Crippen molar-refractivity contribution >= 4 is 11.6 Å². The third kappa shape index (κ3) is 2.48. The number of ketones is 2. The number of hydrogen-bond donors (Lipinski definition) is 0. The van der Waals surface area contributed by atoms with Crippen LogP contribution in [0, 0.1) is 6.92 Å². The van der Waals surface area contributed by atoms with E-state index in [0.717, 1.165) is 44.6 Å². The Bertz CT molecular complexity index is 741. The molecule has 0 aromatic carbocycles. The molecular weight excluding hydrogens is 302 g/mol. The zero-order chi connectivity index (χ0) is 17.3. The van der Waals surface area contributed by atoms with Crippen LogP contribution in [0.5, 0.6) is 0 Å².